The van der Waals surface area contributed by atoms with E-state index >= 15 is 0 Å². The lowest BCUT2D eigenvalue weighted by Crippen LogP contribution is -2.35. The number of primary sulfonamides is 1. The van der Waals surface area contributed by atoms with Crippen LogP contribution in [0.5, 0.6) is 0 Å². The first-order valence-corrected chi connectivity index (χ1v) is 8.65. The van der Waals surface area contributed by atoms with E-state index in [1.807, 2.05) is 0 Å². The molecule has 0 saturated heterocycles. The van der Waals surface area contributed by atoms with E-state index in [1.165, 1.54) is 43.4 Å². The first kappa shape index (κ1) is 18.6. The fourth-order valence-corrected chi connectivity index (χ4v) is 2.64. The third-order valence-corrected chi connectivity index (χ3v) is 4.16. The number of likely N-dealkylation sites (N-methyl/N-ethyl adjacent to an activating group) is 1. The minimum Gasteiger partial charge on any atom is -0.332 e. The number of anilines is 1. The van der Waals surface area contributed by atoms with Crippen molar-refractivity contribution in [2.45, 2.75) is 4.90 Å². The van der Waals surface area contributed by atoms with Gasteiger partial charge in [0.25, 0.3) is 5.91 Å². The molecule has 0 saturated carbocycles. The molecule has 0 aromatic heterocycles. The van der Waals surface area contributed by atoms with Gasteiger partial charge in [-0.2, -0.15) is 0 Å². The van der Waals surface area contributed by atoms with Crippen LogP contribution in [-0.2, 0) is 14.8 Å². The number of carbonyl (C=O) groups is 2. The van der Waals surface area contributed by atoms with Gasteiger partial charge in [-0.05, 0) is 36.4 Å². The molecule has 0 unspecified atom stereocenters. The second-order valence-electron chi connectivity index (χ2n) is 5.29. The van der Waals surface area contributed by atoms with Gasteiger partial charge in [0.05, 0.1) is 11.4 Å². The Kier molecular flexibility index (Phi) is 5.50. The zero-order valence-corrected chi connectivity index (χ0v) is 14.1. The van der Waals surface area contributed by atoms with Gasteiger partial charge < -0.3 is 10.2 Å². The van der Waals surface area contributed by atoms with Gasteiger partial charge in [-0.3, -0.25) is 9.59 Å². The number of rotatable bonds is 5. The fourth-order valence-electron chi connectivity index (χ4n) is 2.08. The highest BCUT2D eigenvalue weighted by molar-refractivity contribution is 7.89. The van der Waals surface area contributed by atoms with Crippen LogP contribution in [0.1, 0.15) is 10.4 Å². The predicted octanol–water partition coefficient (Wildman–Crippen LogP) is 1.18. The quantitative estimate of drug-likeness (QED) is 0.829. The molecule has 3 N–H and O–H groups in total. The number of sulfonamides is 1. The maximum atomic E-state index is 13.1. The Morgan fingerprint density at radius 3 is 2.48 bits per heavy atom. The Morgan fingerprint density at radius 2 is 1.84 bits per heavy atom. The van der Waals surface area contributed by atoms with Crippen molar-refractivity contribution in [3.63, 3.8) is 0 Å². The minimum absolute atomic E-state index is 0.0765. The Hall–Kier alpha value is -2.78. The molecule has 2 rings (SSSR count). The number of halogens is 1. The molecule has 7 nitrogen and oxygen atoms in total. The molecule has 9 heteroatoms. The van der Waals surface area contributed by atoms with E-state index in [4.69, 9.17) is 5.14 Å². The highest BCUT2D eigenvalue weighted by Gasteiger charge is 2.17. The number of benzene rings is 2. The molecule has 0 radical (unpaired) electrons. The van der Waals surface area contributed by atoms with Gasteiger partial charge in [-0.25, -0.2) is 17.9 Å². The lowest BCUT2D eigenvalue weighted by molar-refractivity contribution is -0.116. The van der Waals surface area contributed by atoms with E-state index in [2.05, 4.69) is 5.32 Å². The average molecular weight is 365 g/mol. The van der Waals surface area contributed by atoms with Crippen molar-refractivity contribution in [3.8, 4) is 0 Å². The molecule has 0 bridgehead atoms. The molecule has 132 valence electrons. The molecule has 0 aliphatic rings. The Balaban J connectivity index is 2.06. The van der Waals surface area contributed by atoms with Crippen LogP contribution in [0, 0.1) is 5.82 Å². The van der Waals surface area contributed by atoms with E-state index in [0.29, 0.717) is 0 Å². The molecule has 0 atom stereocenters. The van der Waals surface area contributed by atoms with Crippen LogP contribution >= 0.6 is 0 Å². The Morgan fingerprint density at radius 1 is 1.16 bits per heavy atom. The Bertz CT molecular complexity index is 915. The summed E-state index contributed by atoms with van der Waals surface area (Å²) in [6.07, 6.45) is 0. The molecule has 0 heterocycles. The van der Waals surface area contributed by atoms with Crippen molar-refractivity contribution in [1.29, 1.82) is 0 Å². The first-order valence-electron chi connectivity index (χ1n) is 7.10. The number of carbonyl (C=O) groups excluding carboxylic acids is 2. The summed E-state index contributed by atoms with van der Waals surface area (Å²) in [5, 5.41) is 7.50. The van der Waals surface area contributed by atoms with Gasteiger partial charge in [0, 0.05) is 18.3 Å². The van der Waals surface area contributed by atoms with Crippen molar-refractivity contribution in [3.05, 3.63) is 59.9 Å². The van der Waals surface area contributed by atoms with Crippen LogP contribution in [0.25, 0.3) is 0 Å². The second kappa shape index (κ2) is 7.41. The smallest absolute Gasteiger partial charge is 0.254 e. The highest BCUT2D eigenvalue weighted by atomic mass is 32.2. The molecule has 0 aliphatic carbocycles. The van der Waals surface area contributed by atoms with Gasteiger partial charge in [0.15, 0.2) is 0 Å². The average Bonchev–Trinajstić information content (AvgIpc) is 2.53. The van der Waals surface area contributed by atoms with Crippen molar-refractivity contribution in [2.75, 3.05) is 18.9 Å². The van der Waals surface area contributed by atoms with E-state index in [1.54, 1.807) is 0 Å². The molecule has 0 spiro atoms. The maximum Gasteiger partial charge on any atom is 0.254 e. The van der Waals surface area contributed by atoms with E-state index < -0.39 is 27.7 Å². The molecule has 2 aromatic rings. The fraction of sp³-hybridized carbons (Fsp3) is 0.125. The molecule has 2 aromatic carbocycles. The van der Waals surface area contributed by atoms with Gasteiger partial charge in [-0.15, -0.1) is 0 Å². The number of nitrogens with two attached hydrogens (primary N) is 1. The summed E-state index contributed by atoms with van der Waals surface area (Å²) in [7, 11) is -2.55. The largest absolute Gasteiger partial charge is 0.332 e. The zero-order valence-electron chi connectivity index (χ0n) is 13.3. The summed E-state index contributed by atoms with van der Waals surface area (Å²) in [6.45, 7) is -0.297. The first-order chi connectivity index (χ1) is 11.7. The summed E-state index contributed by atoms with van der Waals surface area (Å²) in [6, 6.07) is 10.5. The van der Waals surface area contributed by atoms with Gasteiger partial charge in [0.1, 0.15) is 5.82 Å². The maximum absolute atomic E-state index is 13.1. The summed E-state index contributed by atoms with van der Waals surface area (Å²) in [4.78, 5) is 25.2. The van der Waals surface area contributed by atoms with Crippen LogP contribution in [-0.4, -0.2) is 38.7 Å². The van der Waals surface area contributed by atoms with Crippen molar-refractivity contribution < 1.29 is 22.4 Å². The number of hydrogen-bond donors (Lipinski definition) is 2. The van der Waals surface area contributed by atoms with Crippen LogP contribution in [0.2, 0.25) is 0 Å². The lowest BCUT2D eigenvalue weighted by Gasteiger charge is -2.17. The van der Waals surface area contributed by atoms with E-state index in [9.17, 15) is 22.4 Å². The highest BCUT2D eigenvalue weighted by Crippen LogP contribution is 2.12. The monoisotopic (exact) mass is 365 g/mol. The third kappa shape index (κ3) is 5.10. The number of hydrogen-bond acceptors (Lipinski definition) is 4. The van der Waals surface area contributed by atoms with Crippen LogP contribution in [0.15, 0.2) is 53.4 Å². The van der Waals surface area contributed by atoms with Crippen LogP contribution in [0.4, 0.5) is 10.1 Å². The lowest BCUT2D eigenvalue weighted by atomic mass is 10.2. The zero-order chi connectivity index (χ0) is 18.6. The molecule has 0 fully saturated rings. The molecular formula is C16H16FN3O4S. The summed E-state index contributed by atoms with van der Waals surface area (Å²) in [5.74, 6) is -1.58. The van der Waals surface area contributed by atoms with Crippen molar-refractivity contribution >= 4 is 27.5 Å². The predicted molar refractivity (Wildman–Crippen MR) is 89.8 cm³/mol. The number of nitrogens with one attached hydrogen (secondary N) is 1. The molecule has 0 aliphatic heterocycles. The molecule has 2 amide bonds. The van der Waals surface area contributed by atoms with Crippen molar-refractivity contribution in [1.82, 2.24) is 4.90 Å². The Labute approximate surface area is 144 Å². The normalized spacial score (nSPS) is 11.0. The summed E-state index contributed by atoms with van der Waals surface area (Å²) in [5.41, 5.74) is 0.342. The third-order valence-electron chi connectivity index (χ3n) is 3.25. The van der Waals surface area contributed by atoms with E-state index in [0.717, 1.165) is 17.0 Å². The standard InChI is InChI=1S/C16H16FN3O4S/c1-20(10-15(21)19-13-6-3-5-12(17)9-13)16(22)11-4-2-7-14(8-11)25(18,23)24/h2-9H,10H2,1H3,(H,19,21)(H2,18,23,24). The topological polar surface area (TPSA) is 110 Å². The van der Waals surface area contributed by atoms with E-state index in [-0.39, 0.29) is 22.7 Å². The van der Waals surface area contributed by atoms with Crippen LogP contribution < -0.4 is 10.5 Å². The van der Waals surface area contributed by atoms with Gasteiger partial charge in [0.2, 0.25) is 15.9 Å². The number of nitrogens with zero attached hydrogens (tertiary/aromatic N) is 1. The molecular weight excluding hydrogens is 349 g/mol. The second-order valence-corrected chi connectivity index (χ2v) is 6.85. The van der Waals surface area contributed by atoms with Crippen LogP contribution in [0.3, 0.4) is 0 Å². The summed E-state index contributed by atoms with van der Waals surface area (Å²) >= 11 is 0. The van der Waals surface area contributed by atoms with Crippen molar-refractivity contribution in [2.24, 2.45) is 5.14 Å². The summed E-state index contributed by atoms with van der Waals surface area (Å²) < 4.78 is 35.8. The molecule has 25 heavy (non-hydrogen) atoms. The SMILES string of the molecule is CN(CC(=O)Nc1cccc(F)c1)C(=O)c1cccc(S(N)(=O)=O)c1. The number of amides is 2. The van der Waals surface area contributed by atoms with Gasteiger partial charge >= 0.3 is 0 Å². The van der Waals surface area contributed by atoms with Gasteiger partial charge in [-0.1, -0.05) is 12.1 Å². The minimum atomic E-state index is -3.94.